The van der Waals surface area contributed by atoms with Gasteiger partial charge < -0.3 is 80.5 Å². The lowest BCUT2D eigenvalue weighted by Crippen LogP contribution is -2.59. The van der Waals surface area contributed by atoms with Gasteiger partial charge >= 0.3 is 41.9 Å². The van der Waals surface area contributed by atoms with Crippen LogP contribution in [-0.4, -0.2) is 201 Å². The zero-order chi connectivity index (χ0) is 68.5. The lowest BCUT2D eigenvalue weighted by atomic mass is 9.89. The zero-order valence-corrected chi connectivity index (χ0v) is 60.0. The SMILES string of the molecule is CC[C@H]1O[C@@H](Oc2cn(C(C)=O)c3cc(Br)c(OCCOCCOCCOc4nc(Cl)nc(OCCOCCOCCOc5c(Br)cc6c(c(O[C@@H]7O[C@H](COC(C)=O)[C@@H](OC(C)=O)[C@H](OC(C)=O)[C@H]7C)cn6C(C)=O)c5Br)n4)c(Br)c23)[C@H](OC(C)=O)[C@@H](OC(C)=O)[C@@H]1C. The van der Waals surface area contributed by atoms with Gasteiger partial charge in [-0.2, -0.15) is 9.97 Å². The number of hydrogen-bond donors (Lipinski definition) is 0. The van der Waals surface area contributed by atoms with Gasteiger partial charge in [-0.1, -0.05) is 20.8 Å². The molecule has 2 saturated heterocycles. The van der Waals surface area contributed by atoms with Crippen molar-refractivity contribution in [2.75, 3.05) is 85.9 Å². The Bertz CT molecular complexity index is 3500. The molecule has 0 spiro atoms. The van der Waals surface area contributed by atoms with Crippen LogP contribution >= 0.6 is 75.3 Å². The molecule has 2 aliphatic heterocycles. The van der Waals surface area contributed by atoms with E-state index in [0.29, 0.717) is 57.6 Å². The van der Waals surface area contributed by atoms with Crippen LogP contribution in [0.1, 0.15) is 85.2 Å². The van der Waals surface area contributed by atoms with E-state index in [-0.39, 0.29) is 132 Å². The maximum atomic E-state index is 12.9. The predicted molar refractivity (Wildman–Crippen MR) is 343 cm³/mol. The number of halogens is 5. The van der Waals surface area contributed by atoms with Crippen molar-refractivity contribution in [2.45, 2.75) is 125 Å². The Balaban J connectivity index is 0.805. The third-order valence-electron chi connectivity index (χ3n) is 14.2. The molecule has 5 aromatic rings. The first-order valence-electron chi connectivity index (χ1n) is 29.6. The molecule has 2 fully saturated rings. The van der Waals surface area contributed by atoms with E-state index in [2.05, 4.69) is 78.7 Å². The maximum Gasteiger partial charge on any atom is 0.324 e. The van der Waals surface area contributed by atoms with Crippen LogP contribution in [0, 0.1) is 11.8 Å². The van der Waals surface area contributed by atoms with Crippen molar-refractivity contribution >= 4 is 139 Å². The number of esters is 5. The van der Waals surface area contributed by atoms with Crippen LogP contribution < -0.4 is 28.4 Å². The fraction of sp³-hybridized carbons (Fsp3) is 0.567. The molecule has 0 amide bonds. The Morgan fingerprint density at radius 2 is 0.872 bits per heavy atom. The van der Waals surface area contributed by atoms with Gasteiger partial charge in [-0.15, -0.1) is 4.98 Å². The van der Waals surface area contributed by atoms with Gasteiger partial charge in [0.25, 0.3) is 0 Å². The number of carbonyl (C=O) groups excluding carboxylic acids is 7. The lowest BCUT2D eigenvalue weighted by Gasteiger charge is -2.43. The largest absolute Gasteiger partial charge is 0.489 e. The van der Waals surface area contributed by atoms with E-state index in [0.717, 1.165) is 0 Å². The summed E-state index contributed by atoms with van der Waals surface area (Å²) >= 11 is 20.5. The number of rotatable bonds is 33. The van der Waals surface area contributed by atoms with Crippen molar-refractivity contribution in [1.82, 2.24) is 24.1 Å². The molecule has 0 radical (unpaired) electrons. The Kier molecular flexibility index (Phi) is 28.7. The second-order valence-corrected chi connectivity index (χ2v) is 24.7. The van der Waals surface area contributed by atoms with Crippen molar-refractivity contribution in [3.05, 3.63) is 47.7 Å². The Morgan fingerprint density at radius 3 is 1.29 bits per heavy atom. The third-order valence-corrected chi connectivity index (χ3v) is 17.0. The summed E-state index contributed by atoms with van der Waals surface area (Å²) in [6.45, 7) is 15.8. The summed E-state index contributed by atoms with van der Waals surface area (Å²) in [5.41, 5.74) is 0.928. The Hall–Kier alpha value is -6.01. The molecule has 0 aliphatic carbocycles. The summed E-state index contributed by atoms with van der Waals surface area (Å²) in [4.78, 5) is 98.6. The van der Waals surface area contributed by atoms with Crippen LogP contribution in [0.25, 0.3) is 21.8 Å². The van der Waals surface area contributed by atoms with Gasteiger partial charge in [0, 0.05) is 54.4 Å². The third kappa shape index (κ3) is 20.3. The van der Waals surface area contributed by atoms with Crippen LogP contribution in [0.5, 0.6) is 35.0 Å². The quantitative estimate of drug-likeness (QED) is 0.0215. The molecule has 0 bridgehead atoms. The van der Waals surface area contributed by atoms with Crippen molar-refractivity contribution in [3.8, 4) is 35.0 Å². The summed E-state index contributed by atoms with van der Waals surface area (Å²) < 4.78 is 104. The van der Waals surface area contributed by atoms with Crippen molar-refractivity contribution in [2.24, 2.45) is 11.8 Å². The highest BCUT2D eigenvalue weighted by Crippen LogP contribution is 2.48. The molecule has 0 N–H and O–H groups in total. The number of aromatic nitrogens is 5. The fourth-order valence-corrected chi connectivity index (χ4v) is 13.3. The van der Waals surface area contributed by atoms with Crippen molar-refractivity contribution in [1.29, 1.82) is 0 Å². The topological polar surface area (TPSA) is 325 Å². The number of ether oxygens (including phenoxy) is 17. The number of benzene rings is 2. The average Bonchev–Trinajstić information content (AvgIpc) is 1.52. The first kappa shape index (κ1) is 75.4. The van der Waals surface area contributed by atoms with Gasteiger partial charge in [0.2, 0.25) is 35.8 Å². The molecule has 2 aliphatic rings. The van der Waals surface area contributed by atoms with Crippen LogP contribution in [0.3, 0.4) is 0 Å². The number of carbonyl (C=O) groups is 7. The van der Waals surface area contributed by atoms with Gasteiger partial charge in [-0.05, 0) is 93.9 Å². The highest BCUT2D eigenvalue weighted by atomic mass is 79.9. The Labute approximate surface area is 578 Å². The van der Waals surface area contributed by atoms with Gasteiger partial charge in [0.15, 0.2) is 6.10 Å². The van der Waals surface area contributed by atoms with Gasteiger partial charge in [0.05, 0.1) is 117 Å². The van der Waals surface area contributed by atoms with E-state index in [4.69, 9.17) is 92.1 Å². The number of fused-ring (bicyclic) bond motifs is 2. The van der Waals surface area contributed by atoms with Gasteiger partial charge in [-0.25, -0.2) is 0 Å². The standard InChI is InChI=1S/C60H72Br4ClN5O24/c1-11-42-29(2)50(87-34(7)74)55(90-37(10)77)57(91-42)93-44-27-70(32(5)72)41-25-39(62)53(49(64)47(41)44)83-21-17-79-13-15-81-19-23-85-60-67-58(65)66-59(68-60)84-22-18-80-14-12-78-16-20-82-52-38(61)24-40-46(48(52)63)43(26-69(40)31(4)71)92-56-30(3)51(88-35(8)75)54(89-36(9)76)45(94-56)28-86-33(6)73/h24-27,29-30,42,45,50-51,54-57H,11-23,28H2,1-10H3/t29-,30-,42-,45-,50+,51-,54-,55-,56-,57+/m1/s1. The van der Waals surface area contributed by atoms with E-state index in [9.17, 15) is 33.6 Å². The normalized spacial score (nSPS) is 21.1. The highest BCUT2D eigenvalue weighted by molar-refractivity contribution is 9.11. The predicted octanol–water partition coefficient (Wildman–Crippen LogP) is 8.97. The molecule has 34 heteroatoms. The van der Waals surface area contributed by atoms with Gasteiger partial charge in [0.1, 0.15) is 74.3 Å². The van der Waals surface area contributed by atoms with E-state index in [1.807, 2.05) is 13.8 Å². The summed E-state index contributed by atoms with van der Waals surface area (Å²) in [5.74, 6) is -3.70. The average molecular weight is 1600 g/mol. The summed E-state index contributed by atoms with van der Waals surface area (Å²) in [5, 5.41) is 0.749. The molecule has 0 unspecified atom stereocenters. The molecular formula is C60H72Br4ClN5O24. The molecule has 5 heterocycles. The second kappa shape index (κ2) is 35.8. The molecule has 516 valence electrons. The number of hydrogen-bond acceptors (Lipinski definition) is 27. The monoisotopic (exact) mass is 1600 g/mol. The maximum absolute atomic E-state index is 12.9. The van der Waals surface area contributed by atoms with Crippen LogP contribution in [-0.2, 0) is 76.1 Å². The molecular weight excluding hydrogens is 1530 g/mol. The molecule has 94 heavy (non-hydrogen) atoms. The summed E-state index contributed by atoms with van der Waals surface area (Å²) in [7, 11) is 0. The minimum absolute atomic E-state index is 0.0627. The molecule has 2 aromatic carbocycles. The van der Waals surface area contributed by atoms with E-state index >= 15 is 0 Å². The zero-order valence-electron chi connectivity index (χ0n) is 52.9. The fourth-order valence-electron chi connectivity index (χ4n) is 10.1. The molecule has 7 rings (SSSR count). The van der Waals surface area contributed by atoms with Crippen LogP contribution in [0.4, 0.5) is 0 Å². The summed E-state index contributed by atoms with van der Waals surface area (Å²) in [6.07, 6.45) is -4.57. The number of nitrogens with zero attached hydrogens (tertiary/aromatic N) is 5. The first-order chi connectivity index (χ1) is 44.8. The van der Waals surface area contributed by atoms with Crippen molar-refractivity contribution < 1.29 is 114 Å². The van der Waals surface area contributed by atoms with E-state index < -0.39 is 85.0 Å². The lowest BCUT2D eigenvalue weighted by molar-refractivity contribution is -0.267. The highest BCUT2D eigenvalue weighted by Gasteiger charge is 2.51. The van der Waals surface area contributed by atoms with Crippen LogP contribution in [0.15, 0.2) is 42.4 Å². The van der Waals surface area contributed by atoms with Crippen molar-refractivity contribution in [3.63, 3.8) is 0 Å². The van der Waals surface area contributed by atoms with E-state index in [1.165, 1.54) is 70.0 Å². The molecule has 3 aromatic heterocycles. The van der Waals surface area contributed by atoms with Gasteiger partial charge in [-0.3, -0.25) is 42.7 Å². The minimum atomic E-state index is -1.21. The molecule has 29 nitrogen and oxygen atoms in total. The first-order valence-corrected chi connectivity index (χ1v) is 33.1. The minimum Gasteiger partial charge on any atom is -0.489 e. The van der Waals surface area contributed by atoms with E-state index in [1.54, 1.807) is 19.1 Å². The molecule has 10 atom stereocenters. The second-order valence-electron chi connectivity index (χ2n) is 21.1. The smallest absolute Gasteiger partial charge is 0.324 e. The molecule has 0 saturated carbocycles. The Morgan fingerprint density at radius 1 is 0.489 bits per heavy atom. The summed E-state index contributed by atoms with van der Waals surface area (Å²) in [6, 6.07) is 3.23. The van der Waals surface area contributed by atoms with Crippen LogP contribution in [0.2, 0.25) is 5.28 Å².